The fourth-order valence-electron chi connectivity index (χ4n) is 1.71. The Hall–Kier alpha value is -1.67. The molecule has 0 saturated carbocycles. The molecular weight excluding hydrogens is 296 g/mol. The van der Waals surface area contributed by atoms with Crippen molar-refractivity contribution < 1.29 is 22.9 Å². The van der Waals surface area contributed by atoms with Crippen LogP contribution in [0.25, 0.3) is 6.08 Å². The van der Waals surface area contributed by atoms with Crippen molar-refractivity contribution in [3.8, 4) is 0 Å². The van der Waals surface area contributed by atoms with E-state index in [-0.39, 0.29) is 12.8 Å². The van der Waals surface area contributed by atoms with Crippen LogP contribution >= 0.6 is 0 Å². The zero-order valence-corrected chi connectivity index (χ0v) is 13.1. The molecule has 0 aliphatic heterocycles. The van der Waals surface area contributed by atoms with Crippen LogP contribution in [0.2, 0.25) is 0 Å². The Morgan fingerprint density at radius 3 is 2.76 bits per heavy atom. The van der Waals surface area contributed by atoms with Crippen LogP contribution in [0.4, 0.5) is 0 Å². The molecule has 1 aromatic rings. The van der Waals surface area contributed by atoms with Gasteiger partial charge in [-0.3, -0.25) is 10.0 Å². The van der Waals surface area contributed by atoms with Gasteiger partial charge in [-0.1, -0.05) is 18.2 Å². The predicted molar refractivity (Wildman–Crippen MR) is 77.3 cm³/mol. The van der Waals surface area contributed by atoms with Gasteiger partial charge in [0, 0.05) is 12.3 Å². The van der Waals surface area contributed by atoms with Crippen LogP contribution in [0.5, 0.6) is 0 Å². The molecule has 0 saturated heterocycles. The standard InChI is InChI=1S/C13H20N2O5S/c1-4-5-6-11-9-10(15-20-11)7-8-13(2,12(16)14-17)21(3,18)19/h5-6,9,17H,4,7-8H2,1-3H3,(H,14,16)/t13-/m1/s1. The molecule has 1 aromatic heterocycles. The third kappa shape index (κ3) is 4.15. The second kappa shape index (κ2) is 6.86. The number of aromatic nitrogens is 1. The molecule has 1 atom stereocenters. The van der Waals surface area contributed by atoms with E-state index in [1.165, 1.54) is 12.4 Å². The number of sulfone groups is 1. The van der Waals surface area contributed by atoms with Gasteiger partial charge in [0.05, 0.1) is 5.69 Å². The number of aryl methyl sites for hydroxylation is 1. The van der Waals surface area contributed by atoms with Crippen LogP contribution in [0.15, 0.2) is 16.7 Å². The molecule has 0 fully saturated rings. The molecule has 0 radical (unpaired) electrons. The molecular formula is C13H20N2O5S. The molecule has 0 unspecified atom stereocenters. The lowest BCUT2D eigenvalue weighted by molar-refractivity contribution is -0.131. The maximum absolute atomic E-state index is 11.8. The van der Waals surface area contributed by atoms with E-state index in [0.29, 0.717) is 11.5 Å². The smallest absolute Gasteiger partial charge is 0.264 e. The summed E-state index contributed by atoms with van der Waals surface area (Å²) in [6.45, 7) is 3.25. The van der Waals surface area contributed by atoms with E-state index in [4.69, 9.17) is 9.73 Å². The zero-order valence-electron chi connectivity index (χ0n) is 12.3. The van der Waals surface area contributed by atoms with Crippen molar-refractivity contribution in [1.82, 2.24) is 10.6 Å². The Balaban J connectivity index is 2.86. The molecule has 0 aliphatic carbocycles. The highest BCUT2D eigenvalue weighted by Gasteiger charge is 2.43. The molecule has 21 heavy (non-hydrogen) atoms. The van der Waals surface area contributed by atoms with Gasteiger partial charge in [0.2, 0.25) is 0 Å². The number of carbonyl (C=O) groups excluding carboxylic acids is 1. The number of nitrogens with zero attached hydrogens (tertiary/aromatic N) is 1. The number of hydroxylamine groups is 1. The first-order chi connectivity index (χ1) is 9.74. The molecule has 0 aromatic carbocycles. The highest BCUT2D eigenvalue weighted by Crippen LogP contribution is 2.23. The number of hydrogen-bond donors (Lipinski definition) is 2. The van der Waals surface area contributed by atoms with Crippen molar-refractivity contribution in [2.24, 2.45) is 0 Å². The minimum Gasteiger partial charge on any atom is -0.357 e. The van der Waals surface area contributed by atoms with E-state index < -0.39 is 20.5 Å². The summed E-state index contributed by atoms with van der Waals surface area (Å²) >= 11 is 0. The van der Waals surface area contributed by atoms with E-state index >= 15 is 0 Å². The summed E-state index contributed by atoms with van der Waals surface area (Å²) in [7, 11) is -3.70. The van der Waals surface area contributed by atoms with Gasteiger partial charge >= 0.3 is 0 Å². The number of nitrogens with one attached hydrogen (secondary N) is 1. The quantitative estimate of drug-likeness (QED) is 0.580. The van der Waals surface area contributed by atoms with Crippen molar-refractivity contribution in [3.63, 3.8) is 0 Å². The lowest BCUT2D eigenvalue weighted by Crippen LogP contribution is -2.49. The Bertz CT molecular complexity index is 620. The lowest BCUT2D eigenvalue weighted by atomic mass is 10.0. The molecule has 0 bridgehead atoms. The van der Waals surface area contributed by atoms with E-state index in [0.717, 1.165) is 12.7 Å². The minimum absolute atomic E-state index is 0.0122. The van der Waals surface area contributed by atoms with Crippen LogP contribution in [0.1, 0.15) is 38.1 Å². The Labute approximate surface area is 123 Å². The van der Waals surface area contributed by atoms with Gasteiger partial charge in [-0.25, -0.2) is 13.9 Å². The van der Waals surface area contributed by atoms with E-state index in [9.17, 15) is 13.2 Å². The summed E-state index contributed by atoms with van der Waals surface area (Å²) in [5.74, 6) is -0.390. The Morgan fingerprint density at radius 2 is 2.24 bits per heavy atom. The molecule has 118 valence electrons. The topological polar surface area (TPSA) is 110 Å². The van der Waals surface area contributed by atoms with Gasteiger partial charge in [0.1, 0.15) is 4.75 Å². The van der Waals surface area contributed by atoms with Crippen LogP contribution in [0, 0.1) is 0 Å². The highest BCUT2D eigenvalue weighted by molar-refractivity contribution is 7.92. The van der Waals surface area contributed by atoms with Gasteiger partial charge in [0.15, 0.2) is 15.6 Å². The number of hydrogen-bond acceptors (Lipinski definition) is 6. The maximum atomic E-state index is 11.8. The monoisotopic (exact) mass is 316 g/mol. The molecule has 8 heteroatoms. The van der Waals surface area contributed by atoms with E-state index in [2.05, 4.69) is 5.16 Å². The molecule has 7 nitrogen and oxygen atoms in total. The zero-order chi connectivity index (χ0) is 16.1. The summed E-state index contributed by atoms with van der Waals surface area (Å²) in [6.07, 6.45) is 5.72. The van der Waals surface area contributed by atoms with Crippen molar-refractivity contribution in [1.29, 1.82) is 0 Å². The van der Waals surface area contributed by atoms with Gasteiger partial charge in [0.25, 0.3) is 5.91 Å². The molecule has 1 rings (SSSR count). The SMILES string of the molecule is CCC=Cc1cc(CC[C@](C)(C(=O)NO)S(C)(=O)=O)no1. The third-order valence-electron chi connectivity index (χ3n) is 3.35. The molecule has 2 N–H and O–H groups in total. The normalized spacial score (nSPS) is 15.0. The second-order valence-corrected chi connectivity index (χ2v) is 7.42. The summed E-state index contributed by atoms with van der Waals surface area (Å²) in [5, 5.41) is 12.5. The fourth-order valence-corrected chi connectivity index (χ4v) is 2.57. The van der Waals surface area contributed by atoms with Gasteiger partial charge in [-0.2, -0.15) is 0 Å². The Morgan fingerprint density at radius 1 is 1.57 bits per heavy atom. The summed E-state index contributed by atoms with van der Waals surface area (Å²) < 4.78 is 26.9. The number of carbonyl (C=O) groups is 1. The van der Waals surface area contributed by atoms with E-state index in [1.54, 1.807) is 12.1 Å². The average Bonchev–Trinajstić information content (AvgIpc) is 2.88. The summed E-state index contributed by atoms with van der Waals surface area (Å²) in [5.41, 5.74) is 1.96. The van der Waals surface area contributed by atoms with Gasteiger partial charge < -0.3 is 4.52 Å². The first-order valence-corrected chi connectivity index (χ1v) is 8.40. The van der Waals surface area contributed by atoms with Gasteiger partial charge in [-0.15, -0.1) is 0 Å². The Kier molecular flexibility index (Phi) is 5.68. The maximum Gasteiger partial charge on any atom is 0.264 e. The van der Waals surface area contributed by atoms with Crippen LogP contribution in [0.3, 0.4) is 0 Å². The number of rotatable bonds is 7. The van der Waals surface area contributed by atoms with Crippen LogP contribution in [-0.2, 0) is 21.1 Å². The fraction of sp³-hybridized carbons (Fsp3) is 0.538. The highest BCUT2D eigenvalue weighted by atomic mass is 32.2. The van der Waals surface area contributed by atoms with Gasteiger partial charge in [-0.05, 0) is 32.3 Å². The van der Waals surface area contributed by atoms with E-state index in [1.807, 2.05) is 13.0 Å². The first-order valence-electron chi connectivity index (χ1n) is 6.51. The average molecular weight is 316 g/mol. The minimum atomic E-state index is -3.70. The first kappa shape index (κ1) is 17.4. The van der Waals surface area contributed by atoms with Crippen molar-refractivity contribution in [2.45, 2.75) is 37.9 Å². The largest absolute Gasteiger partial charge is 0.357 e. The van der Waals surface area contributed by atoms with Crippen LogP contribution < -0.4 is 5.48 Å². The number of allylic oxidation sites excluding steroid dienone is 1. The molecule has 0 aliphatic rings. The van der Waals surface area contributed by atoms with Crippen molar-refractivity contribution in [2.75, 3.05) is 6.26 Å². The third-order valence-corrected chi connectivity index (χ3v) is 5.38. The second-order valence-electron chi connectivity index (χ2n) is 4.98. The molecule has 1 amide bonds. The van der Waals surface area contributed by atoms with Crippen LogP contribution in [-0.4, -0.2) is 35.7 Å². The summed E-state index contributed by atoms with van der Waals surface area (Å²) in [6, 6.07) is 1.69. The molecule has 0 spiro atoms. The summed E-state index contributed by atoms with van der Waals surface area (Å²) in [4.78, 5) is 11.7. The van der Waals surface area contributed by atoms with Crippen molar-refractivity contribution in [3.05, 3.63) is 23.6 Å². The van der Waals surface area contributed by atoms with Crippen molar-refractivity contribution >= 4 is 21.8 Å². The number of amides is 1. The molecule has 1 heterocycles. The predicted octanol–water partition coefficient (Wildman–Crippen LogP) is 1.34. The lowest BCUT2D eigenvalue weighted by Gasteiger charge is -2.24.